The third-order valence-corrected chi connectivity index (χ3v) is 3.67. The van der Waals surface area contributed by atoms with Crippen molar-refractivity contribution in [3.63, 3.8) is 0 Å². The predicted octanol–water partition coefficient (Wildman–Crippen LogP) is 4.28. The number of benzene rings is 3. The van der Waals surface area contributed by atoms with Gasteiger partial charge < -0.3 is 10.2 Å². The van der Waals surface area contributed by atoms with E-state index in [1.54, 1.807) is 42.5 Å². The first kappa shape index (κ1) is 15.3. The lowest BCUT2D eigenvalue weighted by Crippen LogP contribution is -2.01. The summed E-state index contributed by atoms with van der Waals surface area (Å²) in [6.45, 7) is 0. The van der Waals surface area contributed by atoms with E-state index >= 15 is 0 Å². The summed E-state index contributed by atoms with van der Waals surface area (Å²) in [6.07, 6.45) is -1.71. The molecule has 0 amide bonds. The number of hydrogen-bond donors (Lipinski definition) is 2. The maximum atomic E-state index is 13.1. The zero-order chi connectivity index (χ0) is 16.4. The maximum Gasteiger partial charge on any atom is 0.179 e. The summed E-state index contributed by atoms with van der Waals surface area (Å²) >= 11 is 0. The fourth-order valence-electron chi connectivity index (χ4n) is 2.61. The van der Waals surface area contributed by atoms with Gasteiger partial charge >= 0.3 is 0 Å². The maximum absolute atomic E-state index is 13.1. The molecule has 0 atom stereocenters. The summed E-state index contributed by atoms with van der Waals surface area (Å²) in [5.41, 5.74) is 2.80. The molecular weight excluding hydrogens is 298 g/mol. The monoisotopic (exact) mass is 312 g/mol. The molecule has 0 aliphatic heterocycles. The van der Waals surface area contributed by atoms with Crippen molar-refractivity contribution in [2.24, 2.45) is 0 Å². The van der Waals surface area contributed by atoms with E-state index in [0.717, 1.165) is 0 Å². The van der Waals surface area contributed by atoms with E-state index in [2.05, 4.69) is 0 Å². The molecule has 0 aliphatic rings. The third-order valence-electron chi connectivity index (χ3n) is 3.67. The van der Waals surface area contributed by atoms with E-state index in [9.17, 15) is 19.0 Å². The molecule has 0 radical (unpaired) electrons. The second-order valence-electron chi connectivity index (χ2n) is 5.15. The highest BCUT2D eigenvalue weighted by atomic mass is 19.1. The van der Waals surface area contributed by atoms with Crippen molar-refractivity contribution in [2.75, 3.05) is 0 Å². The number of halogens is 2. The first-order valence-corrected chi connectivity index (χ1v) is 7.07. The molecule has 0 spiro atoms. The zero-order valence-electron chi connectivity index (χ0n) is 12.1. The van der Waals surface area contributed by atoms with Crippen molar-refractivity contribution >= 4 is 0 Å². The Morgan fingerprint density at radius 3 is 1.35 bits per heavy atom. The Bertz CT molecular complexity index is 746. The summed E-state index contributed by atoms with van der Waals surface area (Å²) in [5, 5.41) is 19.6. The van der Waals surface area contributed by atoms with Gasteiger partial charge in [-0.2, -0.15) is 0 Å². The van der Waals surface area contributed by atoms with Crippen LogP contribution in [0.15, 0.2) is 66.7 Å². The summed E-state index contributed by atoms with van der Waals surface area (Å²) in [5.74, 6) is -0.732. The van der Waals surface area contributed by atoms with Crippen LogP contribution in [0, 0.1) is 11.6 Å². The van der Waals surface area contributed by atoms with Crippen LogP contribution in [0.5, 0.6) is 0 Å². The van der Waals surface area contributed by atoms with Crippen LogP contribution in [0.3, 0.4) is 0 Å². The molecule has 0 fully saturated rings. The van der Waals surface area contributed by atoms with E-state index in [0.29, 0.717) is 27.8 Å². The number of hydrogen-bond acceptors (Lipinski definition) is 2. The smallest absolute Gasteiger partial charge is 0.179 e. The van der Waals surface area contributed by atoms with Gasteiger partial charge in [0.1, 0.15) is 11.6 Å². The van der Waals surface area contributed by atoms with Crippen LogP contribution in [0.4, 0.5) is 8.78 Å². The molecular formula is C19H14F2O2. The molecule has 0 aliphatic carbocycles. The lowest BCUT2D eigenvalue weighted by Gasteiger charge is -2.17. The zero-order valence-corrected chi connectivity index (χ0v) is 12.1. The lowest BCUT2D eigenvalue weighted by molar-refractivity contribution is -0.0415. The van der Waals surface area contributed by atoms with E-state index < -0.39 is 6.29 Å². The number of aliphatic hydroxyl groups is 2. The average Bonchev–Trinajstić information content (AvgIpc) is 2.55. The summed E-state index contributed by atoms with van der Waals surface area (Å²) in [7, 11) is 0. The topological polar surface area (TPSA) is 40.5 Å². The molecule has 2 N–H and O–H groups in total. The standard InChI is InChI=1S/C19H14F2O2/c20-14-8-4-12(5-9-14)16-2-1-3-17(18(16)19(22)23)13-6-10-15(21)11-7-13/h1-11,19,22-23H. The Hall–Kier alpha value is -2.56. The van der Waals surface area contributed by atoms with Crippen molar-refractivity contribution in [2.45, 2.75) is 6.29 Å². The van der Waals surface area contributed by atoms with E-state index in [1.165, 1.54) is 24.3 Å². The highest BCUT2D eigenvalue weighted by Gasteiger charge is 2.17. The van der Waals surface area contributed by atoms with Gasteiger partial charge in [0, 0.05) is 5.56 Å². The fraction of sp³-hybridized carbons (Fsp3) is 0.0526. The Kier molecular flexibility index (Phi) is 4.19. The molecule has 0 aromatic heterocycles. The molecule has 2 nitrogen and oxygen atoms in total. The van der Waals surface area contributed by atoms with Crippen molar-refractivity contribution in [1.82, 2.24) is 0 Å². The van der Waals surface area contributed by atoms with Gasteiger partial charge in [-0.15, -0.1) is 0 Å². The minimum Gasteiger partial charge on any atom is -0.364 e. The van der Waals surface area contributed by atoms with E-state index in [-0.39, 0.29) is 11.6 Å². The SMILES string of the molecule is OC(O)c1c(-c2ccc(F)cc2)cccc1-c1ccc(F)cc1. The van der Waals surface area contributed by atoms with Crippen LogP contribution >= 0.6 is 0 Å². The van der Waals surface area contributed by atoms with Crippen LogP contribution in [-0.4, -0.2) is 10.2 Å². The van der Waals surface area contributed by atoms with E-state index in [4.69, 9.17) is 0 Å². The van der Waals surface area contributed by atoms with Crippen molar-refractivity contribution in [1.29, 1.82) is 0 Å². The highest BCUT2D eigenvalue weighted by Crippen LogP contribution is 2.35. The molecule has 0 bridgehead atoms. The number of rotatable bonds is 3. The lowest BCUT2D eigenvalue weighted by atomic mass is 9.91. The second kappa shape index (κ2) is 6.28. The minimum absolute atomic E-state index is 0.297. The van der Waals surface area contributed by atoms with Gasteiger partial charge in [0.2, 0.25) is 0 Å². The second-order valence-corrected chi connectivity index (χ2v) is 5.15. The summed E-state index contributed by atoms with van der Waals surface area (Å²) < 4.78 is 26.2. The Morgan fingerprint density at radius 2 is 1.00 bits per heavy atom. The number of aliphatic hydroxyl groups excluding tert-OH is 1. The Balaban J connectivity index is 2.20. The van der Waals surface area contributed by atoms with Crippen molar-refractivity contribution in [3.8, 4) is 22.3 Å². The average molecular weight is 312 g/mol. The van der Waals surface area contributed by atoms with Crippen LogP contribution < -0.4 is 0 Å². The van der Waals surface area contributed by atoms with Gasteiger partial charge in [-0.05, 0) is 46.5 Å². The van der Waals surface area contributed by atoms with Crippen LogP contribution in [0.25, 0.3) is 22.3 Å². The molecule has 4 heteroatoms. The minimum atomic E-state index is -1.71. The predicted molar refractivity (Wildman–Crippen MR) is 84.4 cm³/mol. The Labute approximate surface area is 132 Å². The van der Waals surface area contributed by atoms with E-state index in [1.807, 2.05) is 0 Å². The molecule has 3 rings (SSSR count). The molecule has 0 saturated carbocycles. The molecule has 0 heterocycles. The quantitative estimate of drug-likeness (QED) is 0.709. The first-order chi connectivity index (χ1) is 11.1. The van der Waals surface area contributed by atoms with Gasteiger partial charge in [0.05, 0.1) is 0 Å². The normalized spacial score (nSPS) is 11.0. The van der Waals surface area contributed by atoms with Gasteiger partial charge in [0.15, 0.2) is 6.29 Å². The van der Waals surface area contributed by atoms with Crippen molar-refractivity contribution in [3.05, 3.63) is 83.9 Å². The molecule has 3 aromatic rings. The highest BCUT2D eigenvalue weighted by molar-refractivity contribution is 5.78. The van der Waals surface area contributed by atoms with Gasteiger partial charge in [0.25, 0.3) is 0 Å². The molecule has 3 aromatic carbocycles. The molecule has 23 heavy (non-hydrogen) atoms. The Morgan fingerprint density at radius 1 is 0.609 bits per heavy atom. The fourth-order valence-corrected chi connectivity index (χ4v) is 2.61. The van der Waals surface area contributed by atoms with Crippen molar-refractivity contribution < 1.29 is 19.0 Å². The van der Waals surface area contributed by atoms with Gasteiger partial charge in [-0.1, -0.05) is 42.5 Å². The van der Waals surface area contributed by atoms with Crippen LogP contribution in [-0.2, 0) is 0 Å². The van der Waals surface area contributed by atoms with Gasteiger partial charge in [-0.3, -0.25) is 0 Å². The molecule has 0 saturated heterocycles. The largest absolute Gasteiger partial charge is 0.364 e. The van der Waals surface area contributed by atoms with Gasteiger partial charge in [-0.25, -0.2) is 8.78 Å². The first-order valence-electron chi connectivity index (χ1n) is 7.07. The van der Waals surface area contributed by atoms with Crippen LogP contribution in [0.1, 0.15) is 11.9 Å². The summed E-state index contributed by atoms with van der Waals surface area (Å²) in [6, 6.07) is 16.8. The summed E-state index contributed by atoms with van der Waals surface area (Å²) in [4.78, 5) is 0. The van der Waals surface area contributed by atoms with Crippen LogP contribution in [0.2, 0.25) is 0 Å². The molecule has 0 unspecified atom stereocenters. The third kappa shape index (κ3) is 3.13. The molecule has 116 valence electrons.